The van der Waals surface area contributed by atoms with Crippen molar-refractivity contribution in [1.29, 1.82) is 0 Å². The predicted octanol–water partition coefficient (Wildman–Crippen LogP) is 3.18. The first kappa shape index (κ1) is 38.5. The van der Waals surface area contributed by atoms with E-state index in [0.29, 0.717) is 23.6 Å². The van der Waals surface area contributed by atoms with E-state index in [1.54, 1.807) is 45.2 Å². The summed E-state index contributed by atoms with van der Waals surface area (Å²) in [6.45, 7) is 6.82. The molecule has 3 aliphatic heterocycles. The number of allylic oxidation sites excluding steroid dienone is 3. The number of hydrogen-bond acceptors (Lipinski definition) is 11. The molecule has 0 radical (unpaired) electrons. The van der Waals surface area contributed by atoms with Gasteiger partial charge < -0.3 is 39.0 Å². The molecule has 8 unspecified atom stereocenters. The summed E-state index contributed by atoms with van der Waals surface area (Å²) in [6.07, 6.45) is -0.448. The number of ether oxygens (including phenoxy) is 4. The van der Waals surface area contributed by atoms with Crippen LogP contribution in [0.15, 0.2) is 35.9 Å². The number of rotatable bonds is 6. The second kappa shape index (κ2) is 15.3. The highest BCUT2D eigenvalue weighted by molar-refractivity contribution is 7.80. The molecule has 8 atom stereocenters. The zero-order valence-electron chi connectivity index (χ0n) is 28.8. The van der Waals surface area contributed by atoms with Crippen LogP contribution in [0, 0.1) is 5.92 Å². The number of nitrogens with zero attached hydrogens (tertiary/aromatic N) is 2. The lowest BCUT2D eigenvalue weighted by Crippen LogP contribution is -2.63. The van der Waals surface area contributed by atoms with Crippen LogP contribution in [0.25, 0.3) is 0 Å². The predicted molar refractivity (Wildman–Crippen MR) is 185 cm³/mol. The number of carbonyl (C=O) groups excluding carboxylic acids is 4. The van der Waals surface area contributed by atoms with Crippen molar-refractivity contribution in [2.75, 3.05) is 31.9 Å². The van der Waals surface area contributed by atoms with Gasteiger partial charge in [-0.1, -0.05) is 42.3 Å². The Bertz CT molecular complexity index is 1520. The number of methoxy groups -OCH3 is 1. The summed E-state index contributed by atoms with van der Waals surface area (Å²) >= 11 is 10.8. The normalized spacial score (nSPS) is 31.0. The summed E-state index contributed by atoms with van der Waals surface area (Å²) in [6, 6.07) is 2.53. The Balaban J connectivity index is 1.76. The quantitative estimate of drug-likeness (QED) is 0.195. The van der Waals surface area contributed by atoms with Crippen LogP contribution in [-0.2, 0) is 35.0 Å². The fraction of sp³-hybridized carbons (Fsp3) is 0.588. The number of thiol groups is 1. The molecule has 0 aliphatic carbocycles. The van der Waals surface area contributed by atoms with Crippen LogP contribution < -0.4 is 15.0 Å². The molecule has 2 fully saturated rings. The number of amides is 3. The molecule has 2 saturated heterocycles. The second-order valence-electron chi connectivity index (χ2n) is 13.2. The lowest BCUT2D eigenvalue weighted by Gasteiger charge is -2.41. The maximum absolute atomic E-state index is 14.0. The minimum absolute atomic E-state index is 0.120. The van der Waals surface area contributed by atoms with Crippen LogP contribution in [0.5, 0.6) is 5.75 Å². The average Bonchev–Trinajstić information content (AvgIpc) is 3.74. The lowest BCUT2D eigenvalue weighted by molar-refractivity contribution is -0.161. The van der Waals surface area contributed by atoms with Crippen LogP contribution in [0.3, 0.4) is 0 Å². The molecule has 3 heterocycles. The summed E-state index contributed by atoms with van der Waals surface area (Å²) in [7, 11) is 4.51. The Morgan fingerprint density at radius 1 is 1.31 bits per heavy atom. The summed E-state index contributed by atoms with van der Waals surface area (Å²) in [5.74, 6) is -1.44. The van der Waals surface area contributed by atoms with Crippen LogP contribution in [0.1, 0.15) is 52.5 Å². The number of aliphatic hydroxyl groups excluding tert-OH is 1. The molecule has 4 bridgehead atoms. The Morgan fingerprint density at radius 2 is 2.00 bits per heavy atom. The highest BCUT2D eigenvalue weighted by atomic mass is 35.5. The molecule has 0 saturated carbocycles. The molecule has 4 rings (SSSR count). The van der Waals surface area contributed by atoms with Gasteiger partial charge in [0.05, 0.1) is 25.3 Å². The van der Waals surface area contributed by atoms with E-state index in [4.69, 9.17) is 30.5 Å². The molecule has 3 N–H and O–H groups in total. The lowest BCUT2D eigenvalue weighted by atomic mass is 9.83. The second-order valence-corrected chi connectivity index (χ2v) is 14.0. The molecule has 270 valence electrons. The molecule has 13 nitrogen and oxygen atoms in total. The van der Waals surface area contributed by atoms with Crippen molar-refractivity contribution in [3.63, 3.8) is 0 Å². The summed E-state index contributed by atoms with van der Waals surface area (Å²) in [4.78, 5) is 55.3. The first-order valence-electron chi connectivity index (χ1n) is 16.1. The SMILES string of the molecule is COc1cc2cc(c1Cl)N(C)C(=O)CC(OC(=O)C(C)N(C)C(=O)CCS)C1(C)OC1C(C)C1CC(O)(NC(=O)O1)C(O)C=CC=C(C)C2. The number of carbonyl (C=O) groups is 4. The Labute approximate surface area is 296 Å². The van der Waals surface area contributed by atoms with Crippen LogP contribution in [0.2, 0.25) is 5.02 Å². The number of likely N-dealkylation sites (N-methyl/N-ethyl adjacent to an activating group) is 1. The fourth-order valence-electron chi connectivity index (χ4n) is 6.23. The standard InChI is InChI=1S/C34H46ClN3O10S/c1-18-9-8-10-25(39)34(44)17-24(46-32(43)36-34)19(2)30-33(4,48-30)26(47-31(42)20(3)37(5)27(40)11-12-49)16-28(41)38(6)22-14-21(13-18)15-23(45-7)29(22)35/h8-10,14-15,19-20,24-26,30,39,44,49H,11-13,16-17H2,1-7H3,(H,36,43). The van der Waals surface area contributed by atoms with Gasteiger partial charge in [-0.15, -0.1) is 0 Å². The van der Waals surface area contributed by atoms with Gasteiger partial charge in [0, 0.05) is 32.9 Å². The Hall–Kier alpha value is -3.30. The number of fused-ring (bicyclic) bond motifs is 5. The maximum Gasteiger partial charge on any atom is 0.409 e. The van der Waals surface area contributed by atoms with E-state index in [2.05, 4.69) is 17.9 Å². The van der Waals surface area contributed by atoms with Gasteiger partial charge in [0.15, 0.2) is 5.72 Å². The third-order valence-corrected chi connectivity index (χ3v) is 10.2. The van der Waals surface area contributed by atoms with E-state index < -0.39 is 65.7 Å². The van der Waals surface area contributed by atoms with E-state index >= 15 is 0 Å². The molecule has 3 amide bonds. The first-order chi connectivity index (χ1) is 22.9. The molecule has 49 heavy (non-hydrogen) atoms. The monoisotopic (exact) mass is 723 g/mol. The van der Waals surface area contributed by atoms with Crippen molar-refractivity contribution in [1.82, 2.24) is 10.2 Å². The van der Waals surface area contributed by atoms with Gasteiger partial charge in [0.25, 0.3) is 0 Å². The number of hydrogen-bond donors (Lipinski definition) is 4. The van der Waals surface area contributed by atoms with E-state index in [1.807, 2.05) is 6.92 Å². The van der Waals surface area contributed by atoms with Crippen LogP contribution >= 0.6 is 24.2 Å². The van der Waals surface area contributed by atoms with Crippen molar-refractivity contribution in [3.05, 3.63) is 46.5 Å². The van der Waals surface area contributed by atoms with E-state index in [1.165, 1.54) is 37.0 Å². The largest absolute Gasteiger partial charge is 0.495 e. The summed E-state index contributed by atoms with van der Waals surface area (Å²) in [5.41, 5.74) is -1.28. The molecule has 1 aromatic rings. The Kier molecular flexibility index (Phi) is 12.0. The smallest absolute Gasteiger partial charge is 0.409 e. The number of benzene rings is 1. The van der Waals surface area contributed by atoms with Gasteiger partial charge in [0.2, 0.25) is 11.8 Å². The summed E-state index contributed by atoms with van der Waals surface area (Å²) < 4.78 is 23.2. The van der Waals surface area contributed by atoms with E-state index in [0.717, 1.165) is 11.1 Å². The number of halogens is 1. The highest BCUT2D eigenvalue weighted by Gasteiger charge is 2.64. The third kappa shape index (κ3) is 8.37. The number of epoxide rings is 1. The van der Waals surface area contributed by atoms with Crippen LogP contribution in [0.4, 0.5) is 10.5 Å². The van der Waals surface area contributed by atoms with Gasteiger partial charge in [-0.3, -0.25) is 14.9 Å². The molecular weight excluding hydrogens is 678 g/mol. The van der Waals surface area contributed by atoms with Gasteiger partial charge >= 0.3 is 12.1 Å². The van der Waals surface area contributed by atoms with E-state index in [-0.39, 0.29) is 30.2 Å². The summed E-state index contributed by atoms with van der Waals surface area (Å²) in [5, 5.41) is 24.9. The number of aliphatic hydroxyl groups is 2. The molecule has 0 spiro atoms. The molecule has 1 aromatic carbocycles. The van der Waals surface area contributed by atoms with Crippen molar-refractivity contribution >= 4 is 53.8 Å². The van der Waals surface area contributed by atoms with Crippen molar-refractivity contribution in [2.24, 2.45) is 5.92 Å². The average molecular weight is 724 g/mol. The number of nitrogens with one attached hydrogen (secondary N) is 1. The number of esters is 1. The molecule has 15 heteroatoms. The van der Waals surface area contributed by atoms with Crippen LogP contribution in [-0.4, -0.2) is 108 Å². The first-order valence-corrected chi connectivity index (χ1v) is 17.1. The third-order valence-electron chi connectivity index (χ3n) is 9.62. The van der Waals surface area contributed by atoms with E-state index in [9.17, 15) is 29.4 Å². The minimum Gasteiger partial charge on any atom is -0.495 e. The van der Waals surface area contributed by atoms with Gasteiger partial charge in [-0.2, -0.15) is 12.6 Å². The van der Waals surface area contributed by atoms with Crippen molar-refractivity contribution in [3.8, 4) is 5.75 Å². The van der Waals surface area contributed by atoms with Crippen molar-refractivity contribution < 1.29 is 48.3 Å². The van der Waals surface area contributed by atoms with Gasteiger partial charge in [-0.05, 0) is 50.6 Å². The molecular formula is C34H46ClN3O10S. The minimum atomic E-state index is -2.05. The zero-order valence-corrected chi connectivity index (χ0v) is 30.4. The zero-order chi connectivity index (χ0) is 36.4. The van der Waals surface area contributed by atoms with Gasteiger partial charge in [-0.25, -0.2) is 9.59 Å². The highest BCUT2D eigenvalue weighted by Crippen LogP contribution is 2.49. The molecule has 0 aromatic heterocycles. The Morgan fingerprint density at radius 3 is 2.65 bits per heavy atom. The maximum atomic E-state index is 14.0. The topological polar surface area (TPSA) is 167 Å². The van der Waals surface area contributed by atoms with Gasteiger partial charge in [0.1, 0.15) is 40.7 Å². The fourth-order valence-corrected chi connectivity index (χ4v) is 6.73. The van der Waals surface area contributed by atoms with Crippen molar-refractivity contribution in [2.45, 2.75) is 95.2 Å². The number of anilines is 1. The molecule has 3 aliphatic rings. The number of alkyl carbamates (subject to hydrolysis) is 1.